The second-order valence-corrected chi connectivity index (χ2v) is 2.52. The van der Waals surface area contributed by atoms with Crippen LogP contribution in [-0.4, -0.2) is 12.5 Å². The lowest BCUT2D eigenvalue weighted by Crippen LogP contribution is -1.83. The third kappa shape index (κ3) is 1.59. The van der Waals surface area contributed by atoms with Crippen molar-refractivity contribution in [2.75, 3.05) is 0 Å². The average Bonchev–Trinajstić information content (AvgIpc) is 2.09. The molecule has 2 nitrogen and oxygen atoms in total. The molecule has 0 aliphatic rings. The maximum absolute atomic E-state index is 10.6. The SMILES string of the molecule is CC=Nc1c(C)cccc1C=O. The van der Waals surface area contributed by atoms with Gasteiger partial charge < -0.3 is 0 Å². The summed E-state index contributed by atoms with van der Waals surface area (Å²) >= 11 is 0. The molecule has 1 rings (SSSR count). The Bertz CT molecular complexity index is 316. The van der Waals surface area contributed by atoms with Crippen molar-refractivity contribution in [3.05, 3.63) is 29.3 Å². The normalized spacial score (nSPS) is 10.5. The topological polar surface area (TPSA) is 29.4 Å². The van der Waals surface area contributed by atoms with Crippen LogP contribution in [0.2, 0.25) is 0 Å². The fourth-order valence-corrected chi connectivity index (χ4v) is 1.08. The highest BCUT2D eigenvalue weighted by Crippen LogP contribution is 2.21. The molecule has 0 saturated carbocycles. The van der Waals surface area contributed by atoms with E-state index in [1.54, 1.807) is 12.3 Å². The predicted molar refractivity (Wildman–Crippen MR) is 50.4 cm³/mol. The molecule has 2 heteroatoms. The standard InChI is InChI=1S/C10H11NO/c1-3-11-10-8(2)5-4-6-9(10)7-12/h3-7H,1-2H3. The molecule has 0 unspecified atom stereocenters. The fraction of sp³-hybridized carbons (Fsp3) is 0.200. The molecule has 1 aromatic rings. The monoisotopic (exact) mass is 161 g/mol. The average molecular weight is 161 g/mol. The summed E-state index contributed by atoms with van der Waals surface area (Å²) in [6, 6.07) is 5.56. The number of benzene rings is 1. The van der Waals surface area contributed by atoms with Crippen LogP contribution in [0.25, 0.3) is 0 Å². The highest BCUT2D eigenvalue weighted by atomic mass is 16.1. The molecule has 0 aliphatic carbocycles. The number of nitrogens with zero attached hydrogens (tertiary/aromatic N) is 1. The lowest BCUT2D eigenvalue weighted by molar-refractivity contribution is 0.112. The van der Waals surface area contributed by atoms with Crippen molar-refractivity contribution in [3.63, 3.8) is 0 Å². The molecule has 0 saturated heterocycles. The van der Waals surface area contributed by atoms with Gasteiger partial charge in [0.25, 0.3) is 0 Å². The van der Waals surface area contributed by atoms with Gasteiger partial charge in [0.2, 0.25) is 0 Å². The third-order valence-corrected chi connectivity index (χ3v) is 1.65. The molecule has 0 bridgehead atoms. The molecule has 0 amide bonds. The number of hydrogen-bond donors (Lipinski definition) is 0. The van der Waals surface area contributed by atoms with E-state index in [1.165, 1.54) is 0 Å². The quantitative estimate of drug-likeness (QED) is 0.484. The lowest BCUT2D eigenvalue weighted by atomic mass is 10.1. The summed E-state index contributed by atoms with van der Waals surface area (Å²) in [6.07, 6.45) is 2.52. The molecule has 0 atom stereocenters. The summed E-state index contributed by atoms with van der Waals surface area (Å²) in [5, 5.41) is 0. The van der Waals surface area contributed by atoms with Gasteiger partial charge in [-0.2, -0.15) is 0 Å². The first-order chi connectivity index (χ1) is 5.79. The van der Waals surface area contributed by atoms with Gasteiger partial charge in [-0.25, -0.2) is 0 Å². The van der Waals surface area contributed by atoms with Crippen LogP contribution in [0.1, 0.15) is 22.8 Å². The molecular weight excluding hydrogens is 150 g/mol. The first-order valence-corrected chi connectivity index (χ1v) is 3.83. The van der Waals surface area contributed by atoms with E-state index >= 15 is 0 Å². The Morgan fingerprint density at radius 1 is 1.42 bits per heavy atom. The highest BCUT2D eigenvalue weighted by molar-refractivity contribution is 5.85. The predicted octanol–water partition coefficient (Wildman–Crippen LogP) is 2.53. The van der Waals surface area contributed by atoms with E-state index in [4.69, 9.17) is 0 Å². The summed E-state index contributed by atoms with van der Waals surface area (Å²) in [4.78, 5) is 14.7. The number of rotatable bonds is 2. The van der Waals surface area contributed by atoms with Crippen molar-refractivity contribution in [1.29, 1.82) is 0 Å². The zero-order chi connectivity index (χ0) is 8.97. The van der Waals surface area contributed by atoms with Gasteiger partial charge in [0.1, 0.15) is 0 Å². The minimum absolute atomic E-state index is 0.646. The maximum atomic E-state index is 10.6. The zero-order valence-electron chi connectivity index (χ0n) is 7.24. The molecule has 0 fully saturated rings. The van der Waals surface area contributed by atoms with Gasteiger partial charge in [0, 0.05) is 11.8 Å². The largest absolute Gasteiger partial charge is 0.298 e. The molecule has 1 aromatic carbocycles. The molecular formula is C10H11NO. The van der Waals surface area contributed by atoms with E-state index in [9.17, 15) is 4.79 Å². The zero-order valence-corrected chi connectivity index (χ0v) is 7.24. The van der Waals surface area contributed by atoms with Crippen molar-refractivity contribution >= 4 is 18.2 Å². The second kappa shape index (κ2) is 3.81. The highest BCUT2D eigenvalue weighted by Gasteiger charge is 2.00. The van der Waals surface area contributed by atoms with Gasteiger partial charge in [0.05, 0.1) is 5.69 Å². The summed E-state index contributed by atoms with van der Waals surface area (Å²) < 4.78 is 0. The maximum Gasteiger partial charge on any atom is 0.152 e. The van der Waals surface area contributed by atoms with Gasteiger partial charge in [-0.05, 0) is 25.5 Å². The van der Waals surface area contributed by atoms with E-state index in [-0.39, 0.29) is 0 Å². The van der Waals surface area contributed by atoms with Crippen LogP contribution >= 0.6 is 0 Å². The molecule has 62 valence electrons. The first-order valence-electron chi connectivity index (χ1n) is 3.83. The van der Waals surface area contributed by atoms with Crippen LogP contribution in [0, 0.1) is 6.92 Å². The molecule has 0 heterocycles. The van der Waals surface area contributed by atoms with Crippen molar-refractivity contribution in [2.45, 2.75) is 13.8 Å². The third-order valence-electron chi connectivity index (χ3n) is 1.65. The second-order valence-electron chi connectivity index (χ2n) is 2.52. The summed E-state index contributed by atoms with van der Waals surface area (Å²) in [6.45, 7) is 3.77. The molecule has 12 heavy (non-hydrogen) atoms. The van der Waals surface area contributed by atoms with Gasteiger partial charge in [-0.3, -0.25) is 9.79 Å². The summed E-state index contributed by atoms with van der Waals surface area (Å²) in [5.74, 6) is 0. The minimum Gasteiger partial charge on any atom is -0.298 e. The summed E-state index contributed by atoms with van der Waals surface area (Å²) in [5.41, 5.74) is 2.45. The van der Waals surface area contributed by atoms with Crippen LogP contribution in [0.5, 0.6) is 0 Å². The first kappa shape index (κ1) is 8.65. The Morgan fingerprint density at radius 2 is 2.17 bits per heavy atom. The number of para-hydroxylation sites is 1. The fourth-order valence-electron chi connectivity index (χ4n) is 1.08. The lowest BCUT2D eigenvalue weighted by Gasteiger charge is -2.01. The van der Waals surface area contributed by atoms with E-state index in [1.807, 2.05) is 26.0 Å². The van der Waals surface area contributed by atoms with Crippen LogP contribution in [0.3, 0.4) is 0 Å². The molecule has 0 spiro atoms. The van der Waals surface area contributed by atoms with Crippen LogP contribution in [0.4, 0.5) is 5.69 Å². The van der Waals surface area contributed by atoms with Crippen LogP contribution in [0.15, 0.2) is 23.2 Å². The summed E-state index contributed by atoms with van der Waals surface area (Å²) in [7, 11) is 0. The number of aliphatic imine (C=N–C) groups is 1. The van der Waals surface area contributed by atoms with Crippen molar-refractivity contribution in [2.24, 2.45) is 4.99 Å². The molecule has 0 N–H and O–H groups in total. The van der Waals surface area contributed by atoms with E-state index in [0.717, 1.165) is 17.5 Å². The van der Waals surface area contributed by atoms with Gasteiger partial charge in [0.15, 0.2) is 6.29 Å². The van der Waals surface area contributed by atoms with Gasteiger partial charge in [-0.15, -0.1) is 0 Å². The Hall–Kier alpha value is -1.44. The van der Waals surface area contributed by atoms with Gasteiger partial charge in [-0.1, -0.05) is 12.1 Å². The van der Waals surface area contributed by atoms with E-state index in [2.05, 4.69) is 4.99 Å². The molecule has 0 aliphatic heterocycles. The van der Waals surface area contributed by atoms with E-state index < -0.39 is 0 Å². The van der Waals surface area contributed by atoms with Crippen LogP contribution < -0.4 is 0 Å². The Kier molecular flexibility index (Phi) is 2.75. The van der Waals surface area contributed by atoms with Gasteiger partial charge >= 0.3 is 0 Å². The Labute approximate surface area is 71.9 Å². The molecule has 0 aromatic heterocycles. The smallest absolute Gasteiger partial charge is 0.152 e. The Balaban J connectivity index is 3.28. The Morgan fingerprint density at radius 3 is 2.75 bits per heavy atom. The van der Waals surface area contributed by atoms with E-state index in [0.29, 0.717) is 5.56 Å². The number of carbonyl (C=O) groups is 1. The number of hydrogen-bond acceptors (Lipinski definition) is 2. The minimum atomic E-state index is 0.646. The number of carbonyl (C=O) groups excluding carboxylic acids is 1. The van der Waals surface area contributed by atoms with Crippen LogP contribution in [-0.2, 0) is 0 Å². The van der Waals surface area contributed by atoms with Crippen molar-refractivity contribution in [3.8, 4) is 0 Å². The van der Waals surface area contributed by atoms with Crippen molar-refractivity contribution < 1.29 is 4.79 Å². The number of aryl methyl sites for hydroxylation is 1. The number of aldehydes is 1. The molecule has 0 radical (unpaired) electrons. The van der Waals surface area contributed by atoms with Crippen molar-refractivity contribution in [1.82, 2.24) is 0 Å².